The molecule has 25 rings (SSSR count). The van der Waals surface area contributed by atoms with Crippen molar-refractivity contribution in [3.05, 3.63) is 340 Å². The fourth-order valence-corrected chi connectivity index (χ4v) is 19.0. The zero-order chi connectivity index (χ0) is 65.0. The average Bonchev–Trinajstić information content (AvgIpc) is 1.49. The van der Waals surface area contributed by atoms with Gasteiger partial charge in [-0.25, -0.2) is 0 Å². The Morgan fingerprint density at radius 1 is 0.110 bits per heavy atom. The van der Waals surface area contributed by atoms with Gasteiger partial charge in [0.15, 0.2) is 0 Å². The fourth-order valence-electron chi connectivity index (χ4n) is 19.0. The van der Waals surface area contributed by atoms with Crippen molar-refractivity contribution in [1.29, 1.82) is 0 Å². The molecular weight excluding hydrogens is 1200 g/mol. The molecule has 0 heteroatoms. The van der Waals surface area contributed by atoms with E-state index in [-0.39, 0.29) is 0 Å². The Balaban J connectivity index is 0.000000100. The van der Waals surface area contributed by atoms with E-state index in [0.717, 1.165) is 0 Å². The minimum atomic E-state index is 1.26. The summed E-state index contributed by atoms with van der Waals surface area (Å²) in [7, 11) is 0. The van der Waals surface area contributed by atoms with Crippen molar-refractivity contribution in [2.75, 3.05) is 0 Å². The normalized spacial score (nSPS) is 12.4. The molecule has 1 aliphatic carbocycles. The predicted molar refractivity (Wildman–Crippen MR) is 434 cm³/mol. The Bertz CT molecular complexity index is 7600. The number of hydrogen-bond acceptors (Lipinski definition) is 0. The van der Waals surface area contributed by atoms with Gasteiger partial charge >= 0.3 is 0 Å². The Labute approximate surface area is 574 Å². The molecule has 456 valence electrons. The van der Waals surface area contributed by atoms with E-state index in [2.05, 4.69) is 340 Å². The second kappa shape index (κ2) is 20.3. The molecule has 0 spiro atoms. The van der Waals surface area contributed by atoms with Gasteiger partial charge in [-0.2, -0.15) is 0 Å². The summed E-state index contributed by atoms with van der Waals surface area (Å²) >= 11 is 0. The van der Waals surface area contributed by atoms with Gasteiger partial charge in [0.25, 0.3) is 0 Å². The van der Waals surface area contributed by atoms with Crippen LogP contribution >= 0.6 is 0 Å². The molecule has 0 amide bonds. The van der Waals surface area contributed by atoms with Crippen LogP contribution in [-0.2, 0) is 0 Å². The number of fused-ring (bicyclic) bond motifs is 25. The van der Waals surface area contributed by atoms with Crippen molar-refractivity contribution >= 4 is 194 Å². The Hall–Kier alpha value is -13.0. The molecule has 0 bridgehead atoms. The van der Waals surface area contributed by atoms with E-state index >= 15 is 0 Å². The van der Waals surface area contributed by atoms with E-state index < -0.39 is 0 Å². The summed E-state index contributed by atoms with van der Waals surface area (Å²) in [6.07, 6.45) is 0. The van der Waals surface area contributed by atoms with Crippen molar-refractivity contribution in [1.82, 2.24) is 0 Å². The molecule has 0 saturated heterocycles. The molecule has 0 radical (unpaired) electrons. The maximum Gasteiger partial charge on any atom is -0.000697 e. The number of rotatable bonds is 2. The highest BCUT2D eigenvalue weighted by molar-refractivity contribution is 6.47. The molecule has 0 N–H and O–H groups in total. The molecular formula is C100H56. The Morgan fingerprint density at radius 3 is 1.00 bits per heavy atom. The van der Waals surface area contributed by atoms with Gasteiger partial charge in [-0.1, -0.05) is 297 Å². The van der Waals surface area contributed by atoms with Gasteiger partial charge < -0.3 is 0 Å². The molecule has 0 nitrogen and oxygen atoms in total. The molecule has 0 atom stereocenters. The third-order valence-electron chi connectivity index (χ3n) is 23.0. The summed E-state index contributed by atoms with van der Waals surface area (Å²) in [6, 6.07) is 126. The van der Waals surface area contributed by atoms with Crippen molar-refractivity contribution in [2.45, 2.75) is 0 Å². The first-order chi connectivity index (χ1) is 49.7. The Morgan fingerprint density at radius 2 is 0.420 bits per heavy atom. The second-order valence-electron chi connectivity index (χ2n) is 27.8. The van der Waals surface area contributed by atoms with Gasteiger partial charge in [0.2, 0.25) is 0 Å². The highest BCUT2D eigenvalue weighted by Crippen LogP contribution is 2.56. The highest BCUT2D eigenvalue weighted by Gasteiger charge is 2.28. The van der Waals surface area contributed by atoms with Crippen molar-refractivity contribution in [3.63, 3.8) is 0 Å². The van der Waals surface area contributed by atoms with Gasteiger partial charge in [0, 0.05) is 0 Å². The fraction of sp³-hybridized carbons (Fsp3) is 0. The lowest BCUT2D eigenvalue weighted by Crippen LogP contribution is -1.91. The lowest BCUT2D eigenvalue weighted by molar-refractivity contribution is 1.68. The van der Waals surface area contributed by atoms with Crippen LogP contribution in [0.15, 0.2) is 340 Å². The molecule has 0 aliphatic heterocycles. The van der Waals surface area contributed by atoms with Gasteiger partial charge in [-0.15, -0.1) is 0 Å². The smallest absolute Gasteiger partial charge is 0.000697 e. The first-order valence-electron chi connectivity index (χ1n) is 35.0. The maximum absolute atomic E-state index is 2.52. The Kier molecular flexibility index (Phi) is 11.0. The van der Waals surface area contributed by atoms with Crippen molar-refractivity contribution < 1.29 is 0 Å². The third kappa shape index (κ3) is 7.28. The molecule has 0 saturated carbocycles. The lowest BCUT2D eigenvalue weighted by Gasteiger charge is -2.19. The zero-order valence-corrected chi connectivity index (χ0v) is 54.3. The molecule has 100 heavy (non-hydrogen) atoms. The molecule has 0 heterocycles. The van der Waals surface area contributed by atoms with Crippen LogP contribution in [-0.4, -0.2) is 0 Å². The van der Waals surface area contributed by atoms with E-state index in [1.807, 2.05) is 0 Å². The van der Waals surface area contributed by atoms with Crippen LogP contribution in [0.25, 0.3) is 238 Å². The standard InChI is InChI=1S/C46H26.C34H18.C20H12/c1-3-13-27(14-4-1)40-39-26-37-32-20-10-9-19-31(32)34-22-12-23-35(42(34)37)44(39)41(28-15-5-2-6-16-28)46-38-25-29-17-7-8-18-30(29)33-21-11-24-36(43(33)38)45(40)46;1-2-8-21-19(7-1)15-32-30-18-28-20(16-29(30)27-14-5-11-24(21)33(27)32)17-31-23-10-4-3-9-22(23)25-12-6-13-26(28)34(25)31;1-2-7-14-13(6-1)12-19-16-9-4-3-8-15(16)18-11-5-10-17(14)20(18)19/h1-26H;1-18H;1-12H. The van der Waals surface area contributed by atoms with Crippen LogP contribution in [0.3, 0.4) is 0 Å². The number of benzene rings is 20. The second-order valence-corrected chi connectivity index (χ2v) is 27.8. The molecule has 0 unspecified atom stereocenters. The van der Waals surface area contributed by atoms with Crippen LogP contribution in [0.5, 0.6) is 0 Å². The minimum Gasteiger partial charge on any atom is -0.0622 e. The summed E-state index contributed by atoms with van der Waals surface area (Å²) < 4.78 is 0. The maximum atomic E-state index is 2.52. The number of hydrogen-bond donors (Lipinski definition) is 0. The van der Waals surface area contributed by atoms with Crippen LogP contribution < -0.4 is 0 Å². The zero-order valence-electron chi connectivity index (χ0n) is 54.3. The SMILES string of the molecule is c1ccc(-c2c3cc4c5ccccc5c5cccc(c3c(-c3ccccc3)c3c6cc7ccccc7c7cccc(c23)c76)c54)cc1.c1ccc2c(c1)-c1cccc3c1c-2cc1ccccc13.c1ccc2c(c1)cc1c3cc4c(cc3c3cccc2c31)cc1c2ccccc2c2cccc4c21. The van der Waals surface area contributed by atoms with Gasteiger partial charge in [-0.05, 0) is 281 Å². The summed E-state index contributed by atoms with van der Waals surface area (Å²) in [6.45, 7) is 0. The van der Waals surface area contributed by atoms with Crippen LogP contribution in [0.4, 0.5) is 0 Å². The first kappa shape index (κ1) is 54.2. The van der Waals surface area contributed by atoms with Gasteiger partial charge in [-0.3, -0.25) is 0 Å². The minimum absolute atomic E-state index is 1.26. The first-order valence-corrected chi connectivity index (χ1v) is 35.0. The monoisotopic (exact) mass is 1260 g/mol. The van der Waals surface area contributed by atoms with Crippen LogP contribution in [0, 0.1) is 0 Å². The molecule has 1 aliphatic rings. The predicted octanol–water partition coefficient (Wildman–Crippen LogP) is 28.6. The van der Waals surface area contributed by atoms with Gasteiger partial charge in [0.05, 0.1) is 0 Å². The lowest BCUT2D eigenvalue weighted by atomic mass is 9.84. The highest BCUT2D eigenvalue weighted by atomic mass is 14.3. The van der Waals surface area contributed by atoms with Crippen molar-refractivity contribution in [3.8, 4) is 44.5 Å². The quantitative estimate of drug-likeness (QED) is 0.151. The topological polar surface area (TPSA) is 0 Å². The van der Waals surface area contributed by atoms with E-state index in [4.69, 9.17) is 0 Å². The van der Waals surface area contributed by atoms with Crippen molar-refractivity contribution in [2.24, 2.45) is 0 Å². The largest absolute Gasteiger partial charge is 0.0622 e. The molecule has 24 aromatic rings. The van der Waals surface area contributed by atoms with Gasteiger partial charge in [0.1, 0.15) is 0 Å². The average molecular weight is 1260 g/mol. The molecule has 0 fully saturated rings. The summed E-state index contributed by atoms with van der Waals surface area (Å²) in [5, 5.41) is 48.5. The van der Waals surface area contributed by atoms with Crippen LogP contribution in [0.2, 0.25) is 0 Å². The van der Waals surface area contributed by atoms with E-state index in [1.165, 1.54) is 238 Å². The third-order valence-corrected chi connectivity index (χ3v) is 23.0. The van der Waals surface area contributed by atoms with E-state index in [0.29, 0.717) is 0 Å². The molecule has 0 aromatic heterocycles. The summed E-state index contributed by atoms with van der Waals surface area (Å²) in [5.41, 5.74) is 10.7. The van der Waals surface area contributed by atoms with E-state index in [1.54, 1.807) is 0 Å². The van der Waals surface area contributed by atoms with E-state index in [9.17, 15) is 0 Å². The molecule has 24 aromatic carbocycles. The van der Waals surface area contributed by atoms with Crippen LogP contribution in [0.1, 0.15) is 0 Å². The summed E-state index contributed by atoms with van der Waals surface area (Å²) in [4.78, 5) is 0. The summed E-state index contributed by atoms with van der Waals surface area (Å²) in [5.74, 6) is 0.